The van der Waals surface area contributed by atoms with E-state index < -0.39 is 5.97 Å². The number of thiophene rings is 5. The average molecular weight is 848 g/mol. The number of carboxylic acids is 1. The molecule has 5 rings (SSSR count). The molecule has 0 fully saturated rings. The zero-order chi connectivity index (χ0) is 32.2. The number of halogens is 1. The zero-order valence-corrected chi connectivity index (χ0v) is 37.2. The minimum absolute atomic E-state index is 0. The van der Waals surface area contributed by atoms with Gasteiger partial charge < -0.3 is 26.2 Å². The first kappa shape index (κ1) is 47.7. The Hall–Kier alpha value is 0.633. The van der Waals surface area contributed by atoms with Gasteiger partial charge in [-0.3, -0.25) is 14.4 Å². The van der Waals surface area contributed by atoms with Crippen LogP contribution in [-0.2, 0) is 24.0 Å². The molecule has 10 nitrogen and oxygen atoms in total. The van der Waals surface area contributed by atoms with Crippen LogP contribution in [0.5, 0.6) is 0 Å². The van der Waals surface area contributed by atoms with E-state index in [1.807, 2.05) is 47.3 Å². The van der Waals surface area contributed by atoms with E-state index in [4.69, 9.17) is 19.9 Å². The Morgan fingerprint density at radius 3 is 1.71 bits per heavy atom. The fourth-order valence-corrected chi connectivity index (χ4v) is 7.85. The van der Waals surface area contributed by atoms with Crippen LogP contribution < -0.4 is 108 Å². The predicted molar refractivity (Wildman–Crippen MR) is 178 cm³/mol. The van der Waals surface area contributed by atoms with Gasteiger partial charge >= 0.3 is 121 Å². The number of rotatable bonds is 7. The number of fused-ring (bicyclic) bond motifs is 2. The third kappa shape index (κ3) is 18.8. The Morgan fingerprint density at radius 1 is 0.889 bits per heavy atom. The minimum Gasteiger partial charge on any atom is -1.00 e. The smallest absolute Gasteiger partial charge is 1.00 e. The number of esters is 2. The predicted octanol–water partition coefficient (Wildman–Crippen LogP) is 1.16. The summed E-state index contributed by atoms with van der Waals surface area (Å²) in [7, 11) is 0. The molecule has 0 aliphatic heterocycles. The van der Waals surface area contributed by atoms with Crippen molar-refractivity contribution in [1.82, 2.24) is 0 Å². The molecule has 234 valence electrons. The molecule has 0 aliphatic carbocycles. The average Bonchev–Trinajstić information content (AvgIpc) is 3.81. The van der Waals surface area contributed by atoms with Crippen LogP contribution in [0.2, 0.25) is 0 Å². The number of aromatic carboxylic acids is 1. The molecule has 45 heavy (non-hydrogen) atoms. The second kappa shape index (κ2) is 28.5. The summed E-state index contributed by atoms with van der Waals surface area (Å²) in [5.74, 6) is -1.13. The molecule has 0 aromatic carbocycles. The number of carbonyl (C=O) groups is 5. The van der Waals surface area contributed by atoms with Crippen LogP contribution in [0.25, 0.3) is 18.8 Å². The molecule has 0 spiro atoms. The van der Waals surface area contributed by atoms with Crippen molar-refractivity contribution < 1.29 is 153 Å². The molecule has 0 bridgehead atoms. The van der Waals surface area contributed by atoms with Crippen molar-refractivity contribution in [2.24, 2.45) is 0 Å². The van der Waals surface area contributed by atoms with Gasteiger partial charge in [0.1, 0.15) is 9.75 Å². The second-order valence-corrected chi connectivity index (χ2v) is 13.1. The van der Waals surface area contributed by atoms with Crippen molar-refractivity contribution in [1.29, 1.82) is 0 Å². The topological polar surface area (TPSA) is 156 Å². The molecule has 0 atom stereocenters. The molecular weight excluding hydrogens is 823 g/mol. The molecule has 0 saturated carbocycles. The zero-order valence-electron chi connectivity index (χ0n) is 25.4. The Bertz CT molecular complexity index is 1530. The Labute approximate surface area is 379 Å². The van der Waals surface area contributed by atoms with Crippen molar-refractivity contribution in [2.45, 2.75) is 13.8 Å². The molecule has 0 unspecified atom stereocenters. The second-order valence-electron chi connectivity index (χ2n) is 6.95. The summed E-state index contributed by atoms with van der Waals surface area (Å²) in [4.78, 5) is 55.1. The molecule has 0 amide bonds. The van der Waals surface area contributed by atoms with Gasteiger partial charge in [-0.2, -0.15) is 12.6 Å². The Kier molecular flexibility index (Phi) is 30.2. The van der Waals surface area contributed by atoms with E-state index in [0.717, 1.165) is 34.4 Å². The Balaban J connectivity index is -0.000000517. The van der Waals surface area contributed by atoms with Gasteiger partial charge in [0.25, 0.3) is 6.47 Å². The van der Waals surface area contributed by atoms with Crippen LogP contribution in [-0.4, -0.2) is 54.7 Å². The summed E-state index contributed by atoms with van der Waals surface area (Å²) in [6.07, 6.45) is 0.842. The van der Waals surface area contributed by atoms with Crippen LogP contribution in [0.3, 0.4) is 0 Å². The third-order valence-electron chi connectivity index (χ3n) is 4.19. The number of carboxylic acid groups (broad SMARTS) is 1. The monoisotopic (exact) mass is 846 g/mol. The summed E-state index contributed by atoms with van der Waals surface area (Å²) >= 11 is 14.3. The van der Waals surface area contributed by atoms with E-state index in [2.05, 4.69) is 38.2 Å². The molecule has 5 aromatic heterocycles. The third-order valence-corrected chi connectivity index (χ3v) is 10.4. The number of carbonyl (C=O) groups excluding carboxylic acids is 4. The first-order valence-corrected chi connectivity index (χ1v) is 17.4. The van der Waals surface area contributed by atoms with Crippen LogP contribution in [0.15, 0.2) is 50.9 Å². The summed E-state index contributed by atoms with van der Waals surface area (Å²) in [6, 6.07) is 9.43. The first-order chi connectivity index (χ1) is 20.6. The van der Waals surface area contributed by atoms with Crippen molar-refractivity contribution in [2.75, 3.05) is 19.0 Å². The summed E-state index contributed by atoms with van der Waals surface area (Å²) in [5.41, 5.74) is 0. The molecule has 5 aromatic rings. The van der Waals surface area contributed by atoms with Crippen molar-refractivity contribution >= 4 is 135 Å². The fourth-order valence-electron chi connectivity index (χ4n) is 2.54. The number of hydrogen-bond acceptors (Lipinski definition) is 15. The first-order valence-electron chi connectivity index (χ1n) is 11.7. The fraction of sp³-hybridized carbons (Fsp3) is 0.192. The maximum Gasteiger partial charge on any atom is 1.00 e. The molecular formula is C26H25BrK2O10S6. The van der Waals surface area contributed by atoms with E-state index in [1.54, 1.807) is 35.7 Å². The van der Waals surface area contributed by atoms with Crippen molar-refractivity contribution in [3.63, 3.8) is 0 Å². The van der Waals surface area contributed by atoms with Gasteiger partial charge in [0.05, 0.1) is 23.8 Å². The van der Waals surface area contributed by atoms with E-state index in [9.17, 15) is 19.2 Å². The molecule has 5 heterocycles. The molecule has 0 radical (unpaired) electrons. The summed E-state index contributed by atoms with van der Waals surface area (Å²) < 4.78 is 14.7. The van der Waals surface area contributed by atoms with Crippen molar-refractivity contribution in [3.05, 3.63) is 65.6 Å². The van der Waals surface area contributed by atoms with Gasteiger partial charge in [-0.05, 0) is 76.2 Å². The van der Waals surface area contributed by atoms with Crippen molar-refractivity contribution in [3.8, 4) is 0 Å². The number of aldehydes is 1. The van der Waals surface area contributed by atoms with E-state index in [1.165, 1.54) is 34.0 Å². The van der Waals surface area contributed by atoms with Crippen LogP contribution in [0.4, 0.5) is 0 Å². The molecule has 1 N–H and O–H groups in total. The largest absolute Gasteiger partial charge is 1.00 e. The standard InChI is InChI=1S/C9H8O2S2.C7H4O2S2.C5H3BrOS.C4H8O2S.CH2O3.2K.H/c1-2-11-9(10)8-5-7-6(13-8)3-4-12-7;8-7(9)6-3-5-4(11-6)1-2-10-5;6-4-1-2-8-5(4)3-7;1-2-6-4(5)3-7;2-1-4-3;;;/h3-5H,2H2,1H3;1-3H,(H,8,9);1-3H;7H,2-3H2,1H3;1,3H;;;/q;;;;;2*+1;-1/p-1. The Morgan fingerprint density at radius 2 is 1.38 bits per heavy atom. The molecule has 19 heteroatoms. The van der Waals surface area contributed by atoms with Gasteiger partial charge in [-0.1, -0.05) is 0 Å². The van der Waals surface area contributed by atoms with Gasteiger partial charge in [0, 0.05) is 23.3 Å². The van der Waals surface area contributed by atoms with E-state index >= 15 is 0 Å². The van der Waals surface area contributed by atoms with E-state index in [-0.39, 0.29) is 128 Å². The van der Waals surface area contributed by atoms with Gasteiger partial charge in [0.2, 0.25) is 0 Å². The maximum absolute atomic E-state index is 11.3. The van der Waals surface area contributed by atoms with Gasteiger partial charge in [0.15, 0.2) is 6.29 Å². The quantitative estimate of drug-likeness (QED) is 0.0609. The molecule has 0 aliphatic rings. The van der Waals surface area contributed by atoms with Gasteiger partial charge in [-0.25, -0.2) is 9.59 Å². The van der Waals surface area contributed by atoms with E-state index in [0.29, 0.717) is 23.0 Å². The maximum atomic E-state index is 11.3. The summed E-state index contributed by atoms with van der Waals surface area (Å²) in [6.45, 7) is 4.28. The SMILES string of the molecule is CCOC(=O)CS.CCOC(=O)c1cc2sccc2s1.O=C(O)c1cc2sccc2s1.O=CO[O-].O=Cc1sccc1Br.[H-].[K+].[K+]. The van der Waals surface area contributed by atoms with Crippen LogP contribution >= 0.6 is 85.2 Å². The summed E-state index contributed by atoms with van der Waals surface area (Å²) in [5, 5.41) is 22.9. The minimum atomic E-state index is -0.835. The number of hydrogen-bond donors (Lipinski definition) is 2. The number of ether oxygens (including phenoxy) is 2. The molecule has 0 saturated heterocycles. The van der Waals surface area contributed by atoms with Gasteiger partial charge in [-0.15, -0.1) is 56.7 Å². The normalized spacial score (nSPS) is 9.00. The van der Waals surface area contributed by atoms with Crippen LogP contribution in [0, 0.1) is 0 Å². The van der Waals surface area contributed by atoms with Crippen LogP contribution in [0.1, 0.15) is 44.3 Å². The number of thiol groups is 1.